The summed E-state index contributed by atoms with van der Waals surface area (Å²) in [6.45, 7) is 0. The number of hydrogen-bond donors (Lipinski definition) is 1. The second-order valence-corrected chi connectivity index (χ2v) is 5.17. The molecule has 24 heavy (non-hydrogen) atoms. The summed E-state index contributed by atoms with van der Waals surface area (Å²) in [6.07, 6.45) is -10.4. The molecule has 0 saturated carbocycles. The number of anilines is 1. The number of aromatic nitrogens is 1. The standard InChI is InChI=1S/C16H10F6N2/c17-15(18,19)13-11-8-9(23)6-7-12(11)24(14(13)16(20,21)22)10-4-2-1-3-5-10/h1-8H,23H2. The Balaban J connectivity index is 2.55. The van der Waals surface area contributed by atoms with Gasteiger partial charge < -0.3 is 10.3 Å². The second-order valence-electron chi connectivity index (χ2n) is 5.17. The molecule has 0 saturated heterocycles. The number of rotatable bonds is 1. The van der Waals surface area contributed by atoms with Crippen molar-refractivity contribution in [3.05, 3.63) is 59.8 Å². The van der Waals surface area contributed by atoms with Crippen LogP contribution >= 0.6 is 0 Å². The normalized spacial score (nSPS) is 12.8. The summed E-state index contributed by atoms with van der Waals surface area (Å²) >= 11 is 0. The first-order valence-electron chi connectivity index (χ1n) is 6.74. The number of nitrogens with zero attached hydrogens (tertiary/aromatic N) is 1. The van der Waals surface area contributed by atoms with Crippen LogP contribution in [0, 0.1) is 0 Å². The van der Waals surface area contributed by atoms with E-state index in [4.69, 9.17) is 5.73 Å². The number of para-hydroxylation sites is 1. The van der Waals surface area contributed by atoms with E-state index in [9.17, 15) is 26.3 Å². The maximum absolute atomic E-state index is 13.5. The van der Waals surface area contributed by atoms with Crippen molar-refractivity contribution in [2.24, 2.45) is 0 Å². The molecule has 8 heteroatoms. The molecule has 1 aromatic heterocycles. The zero-order chi connectivity index (χ0) is 17.7. The molecule has 1 heterocycles. The fourth-order valence-electron chi connectivity index (χ4n) is 2.71. The van der Waals surface area contributed by atoms with Crippen LogP contribution in [0.25, 0.3) is 16.6 Å². The molecule has 0 aliphatic carbocycles. The Labute approximate surface area is 132 Å². The van der Waals surface area contributed by atoms with Gasteiger partial charge in [0.25, 0.3) is 0 Å². The van der Waals surface area contributed by atoms with Gasteiger partial charge in [-0.3, -0.25) is 0 Å². The SMILES string of the molecule is Nc1ccc2c(c1)c(C(F)(F)F)c(C(F)(F)F)n2-c1ccccc1. The molecular weight excluding hydrogens is 334 g/mol. The molecule has 0 spiro atoms. The topological polar surface area (TPSA) is 30.9 Å². The Hall–Kier alpha value is -2.64. The average molecular weight is 344 g/mol. The van der Waals surface area contributed by atoms with Crippen molar-refractivity contribution < 1.29 is 26.3 Å². The van der Waals surface area contributed by atoms with Gasteiger partial charge in [-0.2, -0.15) is 26.3 Å². The van der Waals surface area contributed by atoms with E-state index in [0.29, 0.717) is 4.57 Å². The first kappa shape index (κ1) is 16.2. The number of nitrogens with two attached hydrogens (primary N) is 1. The Bertz CT molecular complexity index is 891. The van der Waals surface area contributed by atoms with Crippen molar-refractivity contribution >= 4 is 16.6 Å². The van der Waals surface area contributed by atoms with Crippen LogP contribution in [0.3, 0.4) is 0 Å². The Morgan fingerprint density at radius 2 is 1.42 bits per heavy atom. The zero-order valence-corrected chi connectivity index (χ0v) is 11.9. The summed E-state index contributed by atoms with van der Waals surface area (Å²) < 4.78 is 81.3. The van der Waals surface area contributed by atoms with Crippen molar-refractivity contribution in [3.63, 3.8) is 0 Å². The lowest BCUT2D eigenvalue weighted by molar-refractivity contribution is -0.164. The summed E-state index contributed by atoms with van der Waals surface area (Å²) in [6, 6.07) is 10.4. The molecule has 0 amide bonds. The van der Waals surface area contributed by atoms with E-state index in [0.717, 1.165) is 12.1 Å². The number of fused-ring (bicyclic) bond motifs is 1. The molecule has 0 aliphatic heterocycles. The van der Waals surface area contributed by atoms with Crippen molar-refractivity contribution in [1.82, 2.24) is 4.57 Å². The summed E-state index contributed by atoms with van der Waals surface area (Å²) in [5.41, 5.74) is 1.71. The summed E-state index contributed by atoms with van der Waals surface area (Å²) in [7, 11) is 0. The quantitative estimate of drug-likeness (QED) is 0.474. The lowest BCUT2D eigenvalue weighted by Crippen LogP contribution is -2.19. The van der Waals surface area contributed by atoms with E-state index in [1.807, 2.05) is 0 Å². The highest BCUT2D eigenvalue weighted by Crippen LogP contribution is 2.47. The minimum atomic E-state index is -5.20. The third-order valence-electron chi connectivity index (χ3n) is 3.56. The Kier molecular flexibility index (Phi) is 3.51. The van der Waals surface area contributed by atoms with Gasteiger partial charge in [0.2, 0.25) is 0 Å². The zero-order valence-electron chi connectivity index (χ0n) is 11.9. The minimum Gasteiger partial charge on any atom is -0.399 e. The molecular formula is C16H10F6N2. The van der Waals surface area contributed by atoms with Gasteiger partial charge in [0.05, 0.1) is 11.1 Å². The summed E-state index contributed by atoms with van der Waals surface area (Å²) in [5.74, 6) is 0. The summed E-state index contributed by atoms with van der Waals surface area (Å²) in [5, 5.41) is -0.585. The lowest BCUT2D eigenvalue weighted by Gasteiger charge is -2.16. The molecule has 2 nitrogen and oxygen atoms in total. The molecule has 3 aromatic rings. The fraction of sp³-hybridized carbons (Fsp3) is 0.125. The van der Waals surface area contributed by atoms with Gasteiger partial charge in [0.15, 0.2) is 0 Å². The van der Waals surface area contributed by atoms with Crippen molar-refractivity contribution in [2.75, 3.05) is 5.73 Å². The highest BCUT2D eigenvalue weighted by atomic mass is 19.4. The van der Waals surface area contributed by atoms with Crippen LogP contribution in [-0.4, -0.2) is 4.57 Å². The van der Waals surface area contributed by atoms with Gasteiger partial charge in [-0.25, -0.2) is 0 Å². The number of benzene rings is 2. The first-order chi connectivity index (χ1) is 11.1. The highest BCUT2D eigenvalue weighted by molar-refractivity contribution is 5.90. The Morgan fingerprint density at radius 3 is 1.96 bits per heavy atom. The predicted octanol–water partition coefficient (Wildman–Crippen LogP) is 5.25. The maximum atomic E-state index is 13.5. The van der Waals surface area contributed by atoms with Crippen molar-refractivity contribution in [2.45, 2.75) is 12.4 Å². The van der Waals surface area contributed by atoms with Crippen LogP contribution in [0.4, 0.5) is 32.0 Å². The van der Waals surface area contributed by atoms with Crippen LogP contribution in [0.15, 0.2) is 48.5 Å². The van der Waals surface area contributed by atoms with Gasteiger partial charge in [-0.1, -0.05) is 18.2 Å². The molecule has 0 aliphatic rings. The molecule has 0 fully saturated rings. The van der Waals surface area contributed by atoms with Crippen LogP contribution in [-0.2, 0) is 12.4 Å². The lowest BCUT2D eigenvalue weighted by atomic mass is 10.1. The van der Waals surface area contributed by atoms with Crippen LogP contribution < -0.4 is 5.73 Å². The fourth-order valence-corrected chi connectivity index (χ4v) is 2.71. The largest absolute Gasteiger partial charge is 0.432 e. The molecule has 126 valence electrons. The summed E-state index contributed by atoms with van der Waals surface area (Å²) in [4.78, 5) is 0. The van der Waals surface area contributed by atoms with Gasteiger partial charge in [0, 0.05) is 16.8 Å². The van der Waals surface area contributed by atoms with E-state index in [1.54, 1.807) is 6.07 Å². The predicted molar refractivity (Wildman–Crippen MR) is 77.7 cm³/mol. The van der Waals surface area contributed by atoms with Crippen molar-refractivity contribution in [3.8, 4) is 5.69 Å². The Morgan fingerprint density at radius 1 is 0.792 bits per heavy atom. The van der Waals surface area contributed by atoms with E-state index in [2.05, 4.69) is 0 Å². The van der Waals surface area contributed by atoms with Gasteiger partial charge in [-0.15, -0.1) is 0 Å². The van der Waals surface area contributed by atoms with Crippen LogP contribution in [0.1, 0.15) is 11.3 Å². The van der Waals surface area contributed by atoms with Gasteiger partial charge in [0.1, 0.15) is 5.69 Å². The monoisotopic (exact) mass is 344 g/mol. The van der Waals surface area contributed by atoms with Crippen molar-refractivity contribution in [1.29, 1.82) is 0 Å². The highest BCUT2D eigenvalue weighted by Gasteiger charge is 2.48. The molecule has 0 bridgehead atoms. The number of halogens is 6. The number of alkyl halides is 6. The first-order valence-corrected chi connectivity index (χ1v) is 6.74. The van der Waals surface area contributed by atoms with Gasteiger partial charge in [-0.05, 0) is 30.3 Å². The average Bonchev–Trinajstić information content (AvgIpc) is 2.82. The van der Waals surface area contributed by atoms with E-state index in [-0.39, 0.29) is 16.9 Å². The minimum absolute atomic E-state index is 0.0184. The number of hydrogen-bond acceptors (Lipinski definition) is 1. The molecule has 0 atom stereocenters. The molecule has 0 radical (unpaired) electrons. The molecule has 2 N–H and O–H groups in total. The van der Waals surface area contributed by atoms with Gasteiger partial charge >= 0.3 is 12.4 Å². The molecule has 3 rings (SSSR count). The third-order valence-corrected chi connectivity index (χ3v) is 3.56. The maximum Gasteiger partial charge on any atom is 0.432 e. The molecule has 2 aromatic carbocycles. The number of nitrogen functional groups attached to an aromatic ring is 1. The second kappa shape index (κ2) is 5.19. The molecule has 0 unspecified atom stereocenters. The van der Waals surface area contributed by atoms with E-state index < -0.39 is 29.0 Å². The van der Waals surface area contributed by atoms with E-state index >= 15 is 0 Å². The van der Waals surface area contributed by atoms with Crippen LogP contribution in [0.5, 0.6) is 0 Å². The third kappa shape index (κ3) is 2.57. The van der Waals surface area contributed by atoms with Crippen LogP contribution in [0.2, 0.25) is 0 Å². The van der Waals surface area contributed by atoms with E-state index in [1.165, 1.54) is 30.3 Å². The smallest absolute Gasteiger partial charge is 0.399 e.